The summed E-state index contributed by atoms with van der Waals surface area (Å²) in [7, 11) is 0. The van der Waals surface area contributed by atoms with Gasteiger partial charge in [0.15, 0.2) is 0 Å². The second kappa shape index (κ2) is 4.63. The Bertz CT molecular complexity index is 743. The SMILES string of the molecule is Cc1cscc1CNc1nc2sccn2c1[N+](=O)[O-]. The highest BCUT2D eigenvalue weighted by molar-refractivity contribution is 7.15. The Hall–Kier alpha value is -1.93. The average Bonchev–Trinajstić information content (AvgIpc) is 3.00. The monoisotopic (exact) mass is 294 g/mol. The third kappa shape index (κ3) is 2.08. The predicted octanol–water partition coefficient (Wildman–Crippen LogP) is 3.29. The van der Waals surface area contributed by atoms with E-state index in [2.05, 4.69) is 15.7 Å². The molecule has 0 atom stereocenters. The zero-order valence-electron chi connectivity index (χ0n) is 9.99. The van der Waals surface area contributed by atoms with E-state index >= 15 is 0 Å². The lowest BCUT2D eigenvalue weighted by molar-refractivity contribution is -0.389. The Morgan fingerprint density at radius 2 is 2.37 bits per heavy atom. The topological polar surface area (TPSA) is 72.5 Å². The van der Waals surface area contributed by atoms with Crippen molar-refractivity contribution in [3.8, 4) is 0 Å². The highest BCUT2D eigenvalue weighted by Gasteiger charge is 2.23. The Balaban J connectivity index is 1.92. The molecule has 0 aliphatic carbocycles. The van der Waals surface area contributed by atoms with Crippen molar-refractivity contribution in [1.82, 2.24) is 9.38 Å². The highest BCUT2D eigenvalue weighted by atomic mass is 32.1. The van der Waals surface area contributed by atoms with E-state index in [1.165, 1.54) is 21.3 Å². The molecule has 0 aromatic carbocycles. The number of thiophene rings is 1. The Morgan fingerprint density at radius 1 is 1.53 bits per heavy atom. The second-order valence-corrected chi connectivity index (χ2v) is 5.65. The molecule has 0 bridgehead atoms. The van der Waals surface area contributed by atoms with E-state index in [4.69, 9.17) is 0 Å². The number of hydrogen-bond acceptors (Lipinski definition) is 6. The summed E-state index contributed by atoms with van der Waals surface area (Å²) in [6.45, 7) is 2.56. The van der Waals surface area contributed by atoms with Crippen molar-refractivity contribution >= 4 is 39.3 Å². The van der Waals surface area contributed by atoms with Crippen LogP contribution in [0.25, 0.3) is 4.96 Å². The van der Waals surface area contributed by atoms with Crippen LogP contribution in [-0.4, -0.2) is 14.3 Å². The molecule has 3 aromatic heterocycles. The van der Waals surface area contributed by atoms with Gasteiger partial charge in [-0.3, -0.25) is 0 Å². The number of aryl methyl sites for hydroxylation is 1. The van der Waals surface area contributed by atoms with Crippen LogP contribution < -0.4 is 5.32 Å². The molecule has 19 heavy (non-hydrogen) atoms. The molecule has 3 aromatic rings. The largest absolute Gasteiger partial charge is 0.372 e. The first kappa shape index (κ1) is 12.1. The van der Waals surface area contributed by atoms with Gasteiger partial charge in [-0.2, -0.15) is 20.7 Å². The van der Waals surface area contributed by atoms with Crippen molar-refractivity contribution in [3.63, 3.8) is 0 Å². The summed E-state index contributed by atoms with van der Waals surface area (Å²) in [6, 6.07) is 0. The maximum atomic E-state index is 11.1. The number of nitrogens with zero attached hydrogens (tertiary/aromatic N) is 3. The van der Waals surface area contributed by atoms with Crippen molar-refractivity contribution in [1.29, 1.82) is 0 Å². The fourth-order valence-corrected chi connectivity index (χ4v) is 3.38. The van der Waals surface area contributed by atoms with E-state index in [1.807, 2.05) is 12.3 Å². The summed E-state index contributed by atoms with van der Waals surface area (Å²) in [6.07, 6.45) is 1.66. The van der Waals surface area contributed by atoms with E-state index < -0.39 is 4.92 Å². The Labute approximate surface area is 116 Å². The summed E-state index contributed by atoms with van der Waals surface area (Å²) in [5, 5.41) is 20.1. The lowest BCUT2D eigenvalue weighted by atomic mass is 10.2. The number of fused-ring (bicyclic) bond motifs is 1. The van der Waals surface area contributed by atoms with Gasteiger partial charge < -0.3 is 15.4 Å². The molecule has 1 N–H and O–H groups in total. The van der Waals surface area contributed by atoms with Gasteiger partial charge >= 0.3 is 5.82 Å². The fourth-order valence-electron chi connectivity index (χ4n) is 1.81. The van der Waals surface area contributed by atoms with Crippen molar-refractivity contribution < 1.29 is 4.92 Å². The van der Waals surface area contributed by atoms with E-state index in [0.717, 1.165) is 5.56 Å². The van der Waals surface area contributed by atoms with Crippen LogP contribution >= 0.6 is 22.7 Å². The maximum absolute atomic E-state index is 11.1. The Morgan fingerprint density at radius 3 is 3.05 bits per heavy atom. The molecular formula is C11H10N4O2S2. The van der Waals surface area contributed by atoms with Crippen LogP contribution in [0.3, 0.4) is 0 Å². The predicted molar refractivity (Wildman–Crippen MR) is 76.1 cm³/mol. The molecule has 0 unspecified atom stereocenters. The molecule has 0 aliphatic rings. The maximum Gasteiger partial charge on any atom is 0.372 e. The molecule has 0 spiro atoms. The van der Waals surface area contributed by atoms with Crippen molar-refractivity contribution in [2.24, 2.45) is 0 Å². The molecule has 0 fully saturated rings. The molecule has 0 saturated heterocycles. The van der Waals surface area contributed by atoms with E-state index in [1.54, 1.807) is 22.9 Å². The van der Waals surface area contributed by atoms with Gasteiger partial charge in [-0.05, 0) is 33.7 Å². The number of rotatable bonds is 4. The summed E-state index contributed by atoms with van der Waals surface area (Å²) in [4.78, 5) is 15.6. The van der Waals surface area contributed by atoms with E-state index in [0.29, 0.717) is 17.3 Å². The summed E-state index contributed by atoms with van der Waals surface area (Å²) < 4.78 is 1.49. The van der Waals surface area contributed by atoms with E-state index in [9.17, 15) is 10.1 Å². The molecule has 98 valence electrons. The number of anilines is 1. The zero-order valence-corrected chi connectivity index (χ0v) is 11.6. The van der Waals surface area contributed by atoms with Gasteiger partial charge in [-0.25, -0.2) is 0 Å². The minimum atomic E-state index is -0.407. The number of nitro groups is 1. The molecule has 0 amide bonds. The van der Waals surface area contributed by atoms with Crippen LogP contribution in [0.1, 0.15) is 11.1 Å². The van der Waals surface area contributed by atoms with E-state index in [-0.39, 0.29) is 5.82 Å². The molecule has 0 saturated carbocycles. The van der Waals surface area contributed by atoms with Gasteiger partial charge in [0.25, 0.3) is 4.96 Å². The lowest BCUT2D eigenvalue weighted by Crippen LogP contribution is -2.03. The first-order valence-electron chi connectivity index (χ1n) is 5.52. The van der Waals surface area contributed by atoms with Crippen LogP contribution in [0.4, 0.5) is 11.6 Å². The van der Waals surface area contributed by atoms with Gasteiger partial charge in [-0.15, -0.1) is 0 Å². The fraction of sp³-hybridized carbons (Fsp3) is 0.182. The van der Waals surface area contributed by atoms with Crippen LogP contribution in [0.15, 0.2) is 22.3 Å². The minimum absolute atomic E-state index is 0.0101. The summed E-state index contributed by atoms with van der Waals surface area (Å²) >= 11 is 3.00. The van der Waals surface area contributed by atoms with Gasteiger partial charge in [0.1, 0.15) is 6.20 Å². The molecule has 0 radical (unpaired) electrons. The number of hydrogen-bond donors (Lipinski definition) is 1. The molecule has 6 nitrogen and oxygen atoms in total. The van der Waals surface area contributed by atoms with Gasteiger partial charge in [0, 0.05) is 11.9 Å². The normalized spacial score (nSPS) is 11.0. The number of imidazole rings is 1. The van der Waals surface area contributed by atoms with Crippen LogP contribution in [0.2, 0.25) is 0 Å². The van der Waals surface area contributed by atoms with Crippen molar-refractivity contribution in [2.75, 3.05) is 5.32 Å². The van der Waals surface area contributed by atoms with Crippen LogP contribution in [0.5, 0.6) is 0 Å². The smallest absolute Gasteiger partial charge is 0.359 e. The third-order valence-corrected chi connectivity index (χ3v) is 4.48. The quantitative estimate of drug-likeness (QED) is 0.592. The third-order valence-electron chi connectivity index (χ3n) is 2.82. The molecule has 0 aliphatic heterocycles. The summed E-state index contributed by atoms with van der Waals surface area (Å²) in [5.41, 5.74) is 2.32. The number of thiazole rings is 1. The van der Waals surface area contributed by atoms with Gasteiger partial charge in [-0.1, -0.05) is 11.3 Å². The molecular weight excluding hydrogens is 284 g/mol. The summed E-state index contributed by atoms with van der Waals surface area (Å²) in [5.74, 6) is 0.312. The first-order valence-corrected chi connectivity index (χ1v) is 7.34. The number of aromatic nitrogens is 2. The highest BCUT2D eigenvalue weighted by Crippen LogP contribution is 2.28. The second-order valence-electron chi connectivity index (χ2n) is 4.03. The van der Waals surface area contributed by atoms with Crippen molar-refractivity contribution in [2.45, 2.75) is 13.5 Å². The van der Waals surface area contributed by atoms with Crippen LogP contribution in [-0.2, 0) is 6.54 Å². The Kier molecular flexibility index (Phi) is 2.96. The van der Waals surface area contributed by atoms with Crippen LogP contribution in [0, 0.1) is 17.0 Å². The van der Waals surface area contributed by atoms with Gasteiger partial charge in [0.05, 0.1) is 0 Å². The first-order chi connectivity index (χ1) is 9.16. The number of nitrogens with one attached hydrogen (secondary N) is 1. The molecule has 3 rings (SSSR count). The molecule has 3 heterocycles. The minimum Gasteiger partial charge on any atom is -0.359 e. The lowest BCUT2D eigenvalue weighted by Gasteiger charge is -2.02. The zero-order chi connectivity index (χ0) is 13.4. The standard InChI is InChI=1S/C11H10N4O2S2/c1-7-5-18-6-8(7)4-12-9-10(15(16)17)14-2-3-19-11(14)13-9/h2-3,5-6,12H,4H2,1H3. The molecule has 8 heteroatoms. The van der Waals surface area contributed by atoms with Gasteiger partial charge in [0.2, 0.25) is 5.82 Å². The average molecular weight is 294 g/mol. The van der Waals surface area contributed by atoms with Crippen molar-refractivity contribution in [3.05, 3.63) is 43.6 Å².